The highest BCUT2D eigenvalue weighted by molar-refractivity contribution is 5.70. The van der Waals surface area contributed by atoms with E-state index in [2.05, 4.69) is 4.74 Å². The fourth-order valence-electron chi connectivity index (χ4n) is 1.82. The van der Waals surface area contributed by atoms with Crippen LogP contribution in [0.5, 0.6) is 0 Å². The minimum absolute atomic E-state index is 0.0244. The summed E-state index contributed by atoms with van der Waals surface area (Å²) >= 11 is 0. The van der Waals surface area contributed by atoms with Crippen LogP contribution in [-0.4, -0.2) is 131 Å². The SMILES string of the molecule is COC(=O)COCCOCCOCCOCCOCCOCCOCCOCCO. The van der Waals surface area contributed by atoms with Gasteiger partial charge in [-0.15, -0.1) is 0 Å². The Morgan fingerprint density at radius 2 is 0.767 bits per heavy atom. The molecule has 0 radical (unpaired) electrons. The Bertz CT molecular complexity index is 344. The van der Waals surface area contributed by atoms with Gasteiger partial charge in [0.1, 0.15) is 6.61 Å². The lowest BCUT2D eigenvalue weighted by atomic mass is 10.6. The molecule has 180 valence electrons. The van der Waals surface area contributed by atoms with Crippen molar-refractivity contribution in [3.05, 3.63) is 0 Å². The summed E-state index contributed by atoms with van der Waals surface area (Å²) in [6, 6.07) is 0. The van der Waals surface area contributed by atoms with Gasteiger partial charge in [-0.3, -0.25) is 0 Å². The van der Waals surface area contributed by atoms with Gasteiger partial charge in [-0.1, -0.05) is 0 Å². The number of hydrogen-bond donors (Lipinski definition) is 1. The molecule has 0 aliphatic carbocycles. The average Bonchev–Trinajstić information content (AvgIpc) is 2.76. The molecule has 30 heavy (non-hydrogen) atoms. The van der Waals surface area contributed by atoms with Gasteiger partial charge >= 0.3 is 5.97 Å². The van der Waals surface area contributed by atoms with Crippen molar-refractivity contribution in [2.75, 3.05) is 119 Å². The zero-order valence-electron chi connectivity index (χ0n) is 18.1. The van der Waals surface area contributed by atoms with Gasteiger partial charge in [0.05, 0.1) is 113 Å². The second kappa shape index (κ2) is 26.1. The average molecular weight is 443 g/mol. The van der Waals surface area contributed by atoms with E-state index in [0.717, 1.165) is 0 Å². The first-order valence-electron chi connectivity index (χ1n) is 10.1. The first-order valence-corrected chi connectivity index (χ1v) is 10.1. The van der Waals surface area contributed by atoms with Crippen LogP contribution in [0.15, 0.2) is 0 Å². The van der Waals surface area contributed by atoms with Gasteiger partial charge in [-0.2, -0.15) is 0 Å². The molecule has 11 heteroatoms. The van der Waals surface area contributed by atoms with Crippen LogP contribution in [0.25, 0.3) is 0 Å². The van der Waals surface area contributed by atoms with Gasteiger partial charge in [0.25, 0.3) is 0 Å². The molecule has 0 aliphatic heterocycles. The number of aliphatic hydroxyl groups excluding tert-OH is 1. The van der Waals surface area contributed by atoms with Crippen LogP contribution in [0.4, 0.5) is 0 Å². The number of esters is 1. The molecule has 0 fully saturated rings. The first kappa shape index (κ1) is 29.1. The zero-order chi connectivity index (χ0) is 22.0. The molecule has 0 atom stereocenters. The molecule has 0 bridgehead atoms. The van der Waals surface area contributed by atoms with E-state index in [-0.39, 0.29) is 13.2 Å². The highest BCUT2D eigenvalue weighted by atomic mass is 16.6. The maximum Gasteiger partial charge on any atom is 0.331 e. The minimum atomic E-state index is -0.406. The third kappa shape index (κ3) is 25.1. The van der Waals surface area contributed by atoms with Crippen molar-refractivity contribution in [2.24, 2.45) is 0 Å². The molecule has 0 amide bonds. The summed E-state index contributed by atoms with van der Waals surface area (Å²) in [5, 5.41) is 8.53. The van der Waals surface area contributed by atoms with Crippen molar-refractivity contribution in [3.63, 3.8) is 0 Å². The topological polar surface area (TPSA) is 120 Å². The van der Waals surface area contributed by atoms with Crippen LogP contribution < -0.4 is 0 Å². The van der Waals surface area contributed by atoms with Gasteiger partial charge in [0.15, 0.2) is 0 Å². The summed E-state index contributed by atoms with van der Waals surface area (Å²) in [5.74, 6) is -0.406. The van der Waals surface area contributed by atoms with E-state index < -0.39 is 5.97 Å². The molecule has 0 aromatic rings. The number of carbonyl (C=O) groups is 1. The molecule has 0 rings (SSSR count). The monoisotopic (exact) mass is 442 g/mol. The van der Waals surface area contributed by atoms with Crippen LogP contribution in [0.1, 0.15) is 0 Å². The molecular formula is C19H38O11. The molecule has 0 aliphatic rings. The number of ether oxygens (including phenoxy) is 9. The maximum absolute atomic E-state index is 10.8. The highest BCUT2D eigenvalue weighted by Gasteiger charge is 1.99. The summed E-state index contributed by atoms with van der Waals surface area (Å²) in [6.07, 6.45) is 0. The van der Waals surface area contributed by atoms with E-state index in [1.165, 1.54) is 7.11 Å². The van der Waals surface area contributed by atoms with Crippen molar-refractivity contribution < 1.29 is 52.5 Å². The predicted octanol–water partition coefficient (Wildman–Crippen LogP) is -0.715. The van der Waals surface area contributed by atoms with Gasteiger partial charge in [0.2, 0.25) is 0 Å². The van der Waals surface area contributed by atoms with E-state index in [0.29, 0.717) is 99.1 Å². The second-order valence-corrected chi connectivity index (χ2v) is 5.64. The van der Waals surface area contributed by atoms with Crippen LogP contribution >= 0.6 is 0 Å². The predicted molar refractivity (Wildman–Crippen MR) is 106 cm³/mol. The Labute approximate surface area is 178 Å². The van der Waals surface area contributed by atoms with Gasteiger partial charge in [-0.25, -0.2) is 4.79 Å². The number of rotatable bonds is 25. The second-order valence-electron chi connectivity index (χ2n) is 5.64. The largest absolute Gasteiger partial charge is 0.467 e. The summed E-state index contributed by atoms with van der Waals surface area (Å²) < 4.78 is 46.6. The van der Waals surface area contributed by atoms with Crippen molar-refractivity contribution in [1.82, 2.24) is 0 Å². The summed E-state index contributed by atoms with van der Waals surface area (Å²) in [6.45, 7) is 6.86. The van der Waals surface area contributed by atoms with Crippen LogP contribution in [0.3, 0.4) is 0 Å². The Balaban J connectivity index is 3.01. The molecule has 0 heterocycles. The minimum Gasteiger partial charge on any atom is -0.467 e. The molecular weight excluding hydrogens is 404 g/mol. The van der Waals surface area contributed by atoms with E-state index in [1.54, 1.807) is 0 Å². The van der Waals surface area contributed by atoms with Crippen LogP contribution in [0, 0.1) is 0 Å². The van der Waals surface area contributed by atoms with E-state index in [4.69, 9.17) is 43.0 Å². The number of methoxy groups -OCH3 is 1. The first-order chi connectivity index (χ1) is 14.8. The van der Waals surface area contributed by atoms with Crippen molar-refractivity contribution in [2.45, 2.75) is 0 Å². The fraction of sp³-hybridized carbons (Fsp3) is 0.947. The van der Waals surface area contributed by atoms with E-state index >= 15 is 0 Å². The van der Waals surface area contributed by atoms with Gasteiger partial charge < -0.3 is 47.7 Å². The fourth-order valence-corrected chi connectivity index (χ4v) is 1.82. The summed E-state index contributed by atoms with van der Waals surface area (Å²) in [5.41, 5.74) is 0. The Kier molecular flexibility index (Phi) is 25.4. The molecule has 0 unspecified atom stereocenters. The molecule has 0 saturated heterocycles. The number of hydrogen-bond acceptors (Lipinski definition) is 11. The Morgan fingerprint density at radius 3 is 1.03 bits per heavy atom. The lowest BCUT2D eigenvalue weighted by Crippen LogP contribution is -2.16. The van der Waals surface area contributed by atoms with Crippen molar-refractivity contribution in [3.8, 4) is 0 Å². The van der Waals surface area contributed by atoms with Gasteiger partial charge in [0, 0.05) is 0 Å². The molecule has 1 N–H and O–H groups in total. The molecule has 0 saturated carbocycles. The summed E-state index contributed by atoms with van der Waals surface area (Å²) in [7, 11) is 1.31. The normalized spacial score (nSPS) is 11.1. The quantitative estimate of drug-likeness (QED) is 0.142. The third-order valence-corrected chi connectivity index (χ3v) is 3.29. The Hall–Kier alpha value is -0.890. The molecule has 11 nitrogen and oxygen atoms in total. The molecule has 0 spiro atoms. The maximum atomic E-state index is 10.8. The molecule has 0 aromatic heterocycles. The van der Waals surface area contributed by atoms with E-state index in [1.807, 2.05) is 0 Å². The van der Waals surface area contributed by atoms with Crippen molar-refractivity contribution >= 4 is 5.97 Å². The lowest BCUT2D eigenvalue weighted by Gasteiger charge is -2.08. The van der Waals surface area contributed by atoms with E-state index in [9.17, 15) is 4.79 Å². The highest BCUT2D eigenvalue weighted by Crippen LogP contribution is 1.86. The number of carbonyl (C=O) groups excluding carboxylic acids is 1. The zero-order valence-corrected chi connectivity index (χ0v) is 18.1. The Morgan fingerprint density at radius 1 is 0.500 bits per heavy atom. The molecule has 0 aromatic carbocycles. The van der Waals surface area contributed by atoms with Gasteiger partial charge in [-0.05, 0) is 0 Å². The lowest BCUT2D eigenvalue weighted by molar-refractivity contribution is -0.146. The summed E-state index contributed by atoms with van der Waals surface area (Å²) in [4.78, 5) is 10.8. The third-order valence-electron chi connectivity index (χ3n) is 3.29. The van der Waals surface area contributed by atoms with Crippen LogP contribution in [0.2, 0.25) is 0 Å². The standard InChI is InChI=1S/C19H38O11/c1-22-19(21)18-30-17-16-29-15-14-28-13-12-27-11-10-26-9-8-25-7-6-24-5-4-23-3-2-20/h20H,2-18H2,1H3. The van der Waals surface area contributed by atoms with Crippen molar-refractivity contribution in [1.29, 1.82) is 0 Å². The smallest absolute Gasteiger partial charge is 0.331 e. The number of aliphatic hydroxyl groups is 1. The van der Waals surface area contributed by atoms with Crippen LogP contribution in [-0.2, 0) is 47.4 Å².